The Bertz CT molecular complexity index is 973. The van der Waals surface area contributed by atoms with Crippen LogP contribution in [0.1, 0.15) is 31.0 Å². The second kappa shape index (κ2) is 8.45. The lowest BCUT2D eigenvalue weighted by Gasteiger charge is -2.30. The fraction of sp³-hybridized carbons (Fsp3) is 0.238. The molecular formula is C21H21ClN2O5. The van der Waals surface area contributed by atoms with E-state index in [-0.39, 0.29) is 28.2 Å². The molecule has 3 rings (SSSR count). The van der Waals surface area contributed by atoms with E-state index in [9.17, 15) is 14.7 Å². The predicted molar refractivity (Wildman–Crippen MR) is 109 cm³/mol. The van der Waals surface area contributed by atoms with Gasteiger partial charge in [0.25, 0.3) is 0 Å². The van der Waals surface area contributed by atoms with Crippen LogP contribution in [-0.2, 0) is 9.53 Å². The van der Waals surface area contributed by atoms with E-state index in [4.69, 9.17) is 21.1 Å². The Morgan fingerprint density at radius 1 is 1.21 bits per heavy atom. The summed E-state index contributed by atoms with van der Waals surface area (Å²) in [6, 6.07) is 10.6. The van der Waals surface area contributed by atoms with Crippen molar-refractivity contribution in [1.82, 2.24) is 10.6 Å². The van der Waals surface area contributed by atoms with Gasteiger partial charge in [0.15, 0.2) is 11.5 Å². The summed E-state index contributed by atoms with van der Waals surface area (Å²) in [4.78, 5) is 25.4. The Labute approximate surface area is 173 Å². The molecule has 152 valence electrons. The van der Waals surface area contributed by atoms with Gasteiger partial charge in [0.05, 0.1) is 35.5 Å². The maximum Gasteiger partial charge on any atom is 0.338 e. The van der Waals surface area contributed by atoms with Gasteiger partial charge in [-0.15, -0.1) is 0 Å². The van der Waals surface area contributed by atoms with Crippen molar-refractivity contribution in [3.63, 3.8) is 0 Å². The zero-order chi connectivity index (χ0) is 21.1. The second-order valence-electron chi connectivity index (χ2n) is 6.69. The molecule has 0 fully saturated rings. The van der Waals surface area contributed by atoms with E-state index in [2.05, 4.69) is 10.6 Å². The molecule has 1 atom stereocenters. The highest BCUT2D eigenvalue weighted by Crippen LogP contribution is 2.40. The summed E-state index contributed by atoms with van der Waals surface area (Å²) in [7, 11) is 1.38. The topological polar surface area (TPSA) is 96.9 Å². The number of amides is 2. The molecule has 1 heterocycles. The highest BCUT2D eigenvalue weighted by molar-refractivity contribution is 6.32. The number of phenols is 1. The quantitative estimate of drug-likeness (QED) is 0.644. The third-order valence-electron chi connectivity index (χ3n) is 4.30. The Balaban J connectivity index is 2.22. The van der Waals surface area contributed by atoms with Gasteiger partial charge in [0.2, 0.25) is 0 Å². The molecule has 2 aromatic rings. The first-order valence-electron chi connectivity index (χ1n) is 8.96. The SMILES string of the molecule is COc1cc(C2NC(=O)NC(c3ccccc3)=C2C(=O)OC(C)C)cc(Cl)c1O. The van der Waals surface area contributed by atoms with E-state index in [1.807, 2.05) is 6.07 Å². The van der Waals surface area contributed by atoms with Crippen LogP contribution in [0.5, 0.6) is 11.5 Å². The van der Waals surface area contributed by atoms with E-state index >= 15 is 0 Å². The molecule has 8 heteroatoms. The van der Waals surface area contributed by atoms with E-state index < -0.39 is 18.0 Å². The predicted octanol–water partition coefficient (Wildman–Crippen LogP) is 3.77. The van der Waals surface area contributed by atoms with Crippen LogP contribution in [0.15, 0.2) is 48.0 Å². The molecule has 29 heavy (non-hydrogen) atoms. The van der Waals surface area contributed by atoms with Gasteiger partial charge in [-0.3, -0.25) is 0 Å². The van der Waals surface area contributed by atoms with Crippen molar-refractivity contribution < 1.29 is 24.2 Å². The van der Waals surface area contributed by atoms with Crippen LogP contribution in [0, 0.1) is 0 Å². The number of halogens is 1. The van der Waals surface area contributed by atoms with Crippen molar-refractivity contribution in [3.8, 4) is 11.5 Å². The van der Waals surface area contributed by atoms with Crippen LogP contribution in [0.2, 0.25) is 5.02 Å². The van der Waals surface area contributed by atoms with Crippen molar-refractivity contribution in [2.45, 2.75) is 26.0 Å². The number of hydrogen-bond acceptors (Lipinski definition) is 5. The molecule has 1 unspecified atom stereocenters. The molecule has 2 amide bonds. The van der Waals surface area contributed by atoms with Crippen molar-refractivity contribution in [3.05, 3.63) is 64.2 Å². The fourth-order valence-corrected chi connectivity index (χ4v) is 3.28. The summed E-state index contributed by atoms with van der Waals surface area (Å²) >= 11 is 6.13. The molecule has 0 aromatic heterocycles. The number of esters is 1. The number of carbonyl (C=O) groups excluding carboxylic acids is 2. The fourth-order valence-electron chi connectivity index (χ4n) is 3.06. The van der Waals surface area contributed by atoms with E-state index in [0.29, 0.717) is 16.8 Å². The number of phenolic OH excluding ortho intramolecular Hbond substituents is 1. The van der Waals surface area contributed by atoms with Gasteiger partial charge in [0.1, 0.15) is 0 Å². The Morgan fingerprint density at radius 3 is 2.52 bits per heavy atom. The van der Waals surface area contributed by atoms with Crippen LogP contribution in [0.3, 0.4) is 0 Å². The molecule has 1 aliphatic rings. The summed E-state index contributed by atoms with van der Waals surface area (Å²) in [6.07, 6.45) is -0.358. The standard InChI is InChI=1S/C21H21ClN2O5/c1-11(2)29-20(26)16-17(12-7-5-4-6-8-12)23-21(27)24-18(16)13-9-14(22)19(25)15(10-13)28-3/h4-11,18,25H,1-3H3,(H2,23,24,27). The largest absolute Gasteiger partial charge is 0.503 e. The Hall–Kier alpha value is -3.19. The number of aromatic hydroxyl groups is 1. The van der Waals surface area contributed by atoms with Crippen LogP contribution in [0.25, 0.3) is 5.70 Å². The first kappa shape index (κ1) is 20.5. The molecule has 0 saturated carbocycles. The Morgan fingerprint density at radius 2 is 1.90 bits per heavy atom. The minimum absolute atomic E-state index is 0.0324. The van der Waals surface area contributed by atoms with Crippen LogP contribution >= 0.6 is 11.6 Å². The lowest BCUT2D eigenvalue weighted by Crippen LogP contribution is -2.45. The van der Waals surface area contributed by atoms with Gasteiger partial charge in [-0.25, -0.2) is 9.59 Å². The minimum atomic E-state index is -0.864. The number of nitrogens with one attached hydrogen (secondary N) is 2. The number of hydrogen-bond donors (Lipinski definition) is 3. The zero-order valence-electron chi connectivity index (χ0n) is 16.2. The molecule has 1 aliphatic heterocycles. The van der Waals surface area contributed by atoms with Gasteiger partial charge in [0, 0.05) is 0 Å². The van der Waals surface area contributed by atoms with Crippen molar-refractivity contribution in [2.24, 2.45) is 0 Å². The lowest BCUT2D eigenvalue weighted by atomic mass is 9.92. The van der Waals surface area contributed by atoms with E-state index in [1.54, 1.807) is 38.1 Å². The zero-order valence-corrected chi connectivity index (χ0v) is 16.9. The van der Waals surface area contributed by atoms with Crippen LogP contribution in [0.4, 0.5) is 4.79 Å². The smallest absolute Gasteiger partial charge is 0.338 e. The average Bonchev–Trinajstić information content (AvgIpc) is 2.69. The maximum absolute atomic E-state index is 13.0. The van der Waals surface area contributed by atoms with Crippen molar-refractivity contribution >= 4 is 29.3 Å². The first-order valence-corrected chi connectivity index (χ1v) is 9.34. The highest BCUT2D eigenvalue weighted by Gasteiger charge is 2.35. The van der Waals surface area contributed by atoms with Gasteiger partial charge < -0.3 is 25.2 Å². The molecular weight excluding hydrogens is 396 g/mol. The van der Waals surface area contributed by atoms with E-state index in [1.165, 1.54) is 19.2 Å². The molecule has 0 spiro atoms. The number of rotatable bonds is 5. The third kappa shape index (κ3) is 4.30. The van der Waals surface area contributed by atoms with Gasteiger partial charge in [-0.1, -0.05) is 41.9 Å². The number of methoxy groups -OCH3 is 1. The van der Waals surface area contributed by atoms with Crippen molar-refractivity contribution in [2.75, 3.05) is 7.11 Å². The van der Waals surface area contributed by atoms with Gasteiger partial charge in [-0.05, 0) is 37.1 Å². The maximum atomic E-state index is 13.0. The molecule has 7 nitrogen and oxygen atoms in total. The normalized spacial score (nSPS) is 16.3. The number of carbonyl (C=O) groups is 2. The third-order valence-corrected chi connectivity index (χ3v) is 4.59. The highest BCUT2D eigenvalue weighted by atomic mass is 35.5. The molecule has 3 N–H and O–H groups in total. The summed E-state index contributed by atoms with van der Waals surface area (Å²) in [5, 5.41) is 15.5. The minimum Gasteiger partial charge on any atom is -0.503 e. The van der Waals surface area contributed by atoms with Gasteiger partial charge in [-0.2, -0.15) is 0 Å². The lowest BCUT2D eigenvalue weighted by molar-refractivity contribution is -0.143. The van der Waals surface area contributed by atoms with Crippen molar-refractivity contribution in [1.29, 1.82) is 0 Å². The summed E-state index contributed by atoms with van der Waals surface area (Å²) in [5.74, 6) is -0.686. The molecule has 2 aromatic carbocycles. The first-order chi connectivity index (χ1) is 13.8. The number of urea groups is 1. The monoisotopic (exact) mass is 416 g/mol. The van der Waals surface area contributed by atoms with Crippen LogP contribution < -0.4 is 15.4 Å². The molecule has 0 radical (unpaired) electrons. The summed E-state index contributed by atoms with van der Waals surface area (Å²) in [6.45, 7) is 3.48. The number of benzene rings is 2. The molecule has 0 aliphatic carbocycles. The molecule has 0 bridgehead atoms. The molecule has 0 saturated heterocycles. The number of ether oxygens (including phenoxy) is 2. The summed E-state index contributed by atoms with van der Waals surface area (Å²) in [5.41, 5.74) is 1.67. The van der Waals surface area contributed by atoms with Gasteiger partial charge >= 0.3 is 12.0 Å². The van der Waals surface area contributed by atoms with Crippen LogP contribution in [-0.4, -0.2) is 30.3 Å². The second-order valence-corrected chi connectivity index (χ2v) is 7.10. The summed E-state index contributed by atoms with van der Waals surface area (Å²) < 4.78 is 10.6. The average molecular weight is 417 g/mol. The van der Waals surface area contributed by atoms with E-state index in [0.717, 1.165) is 0 Å². The Kier molecular flexibility index (Phi) is 5.98.